The second-order valence-electron chi connectivity index (χ2n) is 3.30. The van der Waals surface area contributed by atoms with Crippen molar-refractivity contribution in [2.75, 3.05) is 0 Å². The zero-order valence-corrected chi connectivity index (χ0v) is 8.46. The van der Waals surface area contributed by atoms with Crippen LogP contribution < -0.4 is 0 Å². The van der Waals surface area contributed by atoms with Gasteiger partial charge in [0.1, 0.15) is 6.07 Å². The maximum atomic E-state index is 8.79. The molecule has 0 aliphatic heterocycles. The lowest BCUT2D eigenvalue weighted by atomic mass is 10.1. The van der Waals surface area contributed by atoms with E-state index in [2.05, 4.69) is 11.1 Å². The van der Waals surface area contributed by atoms with Crippen LogP contribution in [0.2, 0.25) is 0 Å². The fourth-order valence-electron chi connectivity index (χ4n) is 1.43. The lowest BCUT2D eigenvalue weighted by molar-refractivity contribution is 0.782. The van der Waals surface area contributed by atoms with E-state index in [-0.39, 0.29) is 0 Å². The number of nitrogens with zero attached hydrogens (tertiary/aromatic N) is 4. The average Bonchev–Trinajstić information content (AvgIpc) is 2.77. The van der Waals surface area contributed by atoms with E-state index in [1.807, 2.05) is 18.2 Å². The Balaban J connectivity index is 2.22. The summed E-state index contributed by atoms with van der Waals surface area (Å²) in [5.74, 6) is 0.393. The second-order valence-corrected chi connectivity index (χ2v) is 3.30. The first kappa shape index (κ1) is 9.95. The van der Waals surface area contributed by atoms with E-state index in [1.54, 1.807) is 29.1 Å². The van der Waals surface area contributed by atoms with Crippen LogP contribution in [0.25, 0.3) is 0 Å². The van der Waals surface area contributed by atoms with Gasteiger partial charge in [0.25, 0.3) is 0 Å². The number of aromatic nitrogens is 2. The van der Waals surface area contributed by atoms with E-state index < -0.39 is 0 Å². The molecule has 4 heteroatoms. The van der Waals surface area contributed by atoms with Gasteiger partial charge in [-0.2, -0.15) is 10.5 Å². The van der Waals surface area contributed by atoms with Gasteiger partial charge in [-0.25, -0.2) is 4.98 Å². The lowest BCUT2D eigenvalue weighted by Gasteiger charge is -2.03. The predicted molar refractivity (Wildman–Crippen MR) is 57.2 cm³/mol. The van der Waals surface area contributed by atoms with Gasteiger partial charge in [-0.1, -0.05) is 12.1 Å². The van der Waals surface area contributed by atoms with Crippen molar-refractivity contribution in [3.05, 3.63) is 53.6 Å². The van der Waals surface area contributed by atoms with Crippen LogP contribution in [0.5, 0.6) is 0 Å². The highest BCUT2D eigenvalue weighted by Gasteiger charge is 2.01. The molecular formula is C12H8N4. The first-order valence-corrected chi connectivity index (χ1v) is 4.74. The summed E-state index contributed by atoms with van der Waals surface area (Å²) in [5.41, 5.74) is 1.67. The Morgan fingerprint density at radius 2 is 1.88 bits per heavy atom. The molecule has 0 radical (unpaired) electrons. The third-order valence-corrected chi connectivity index (χ3v) is 2.25. The SMILES string of the molecule is N#Cc1ccc(Cn2ccnc2C#N)cc1. The van der Waals surface area contributed by atoms with Crippen molar-refractivity contribution in [3.63, 3.8) is 0 Å². The first-order chi connectivity index (χ1) is 7.83. The number of rotatable bonds is 2. The summed E-state index contributed by atoms with van der Waals surface area (Å²) < 4.78 is 1.77. The predicted octanol–water partition coefficient (Wildman–Crippen LogP) is 1.67. The molecular weight excluding hydrogens is 200 g/mol. The molecule has 0 amide bonds. The van der Waals surface area contributed by atoms with Crippen LogP contribution >= 0.6 is 0 Å². The van der Waals surface area contributed by atoms with Gasteiger partial charge in [-0.05, 0) is 17.7 Å². The van der Waals surface area contributed by atoms with Crippen LogP contribution in [-0.2, 0) is 6.54 Å². The van der Waals surface area contributed by atoms with Crippen LogP contribution in [0.15, 0.2) is 36.7 Å². The van der Waals surface area contributed by atoms with E-state index >= 15 is 0 Å². The number of benzene rings is 1. The van der Waals surface area contributed by atoms with Gasteiger partial charge < -0.3 is 4.57 Å². The molecule has 0 fully saturated rings. The van der Waals surface area contributed by atoms with Crippen molar-refractivity contribution in [2.45, 2.75) is 6.54 Å². The molecule has 0 aliphatic carbocycles. The number of hydrogen-bond donors (Lipinski definition) is 0. The molecule has 0 bridgehead atoms. The van der Waals surface area contributed by atoms with Crippen LogP contribution in [-0.4, -0.2) is 9.55 Å². The summed E-state index contributed by atoms with van der Waals surface area (Å²) in [6.45, 7) is 0.592. The third-order valence-electron chi connectivity index (χ3n) is 2.25. The highest BCUT2D eigenvalue weighted by Crippen LogP contribution is 2.07. The van der Waals surface area contributed by atoms with Crippen LogP contribution in [0, 0.1) is 22.7 Å². The van der Waals surface area contributed by atoms with Crippen molar-refractivity contribution in [2.24, 2.45) is 0 Å². The molecule has 2 rings (SSSR count). The molecule has 16 heavy (non-hydrogen) atoms. The van der Waals surface area contributed by atoms with E-state index in [0.717, 1.165) is 5.56 Å². The number of hydrogen-bond acceptors (Lipinski definition) is 3. The van der Waals surface area contributed by atoms with Crippen molar-refractivity contribution in [1.82, 2.24) is 9.55 Å². The summed E-state index contributed by atoms with van der Waals surface area (Å²) >= 11 is 0. The molecule has 1 aromatic carbocycles. The van der Waals surface area contributed by atoms with Crippen molar-refractivity contribution in [3.8, 4) is 12.1 Å². The highest BCUT2D eigenvalue weighted by molar-refractivity contribution is 5.32. The second kappa shape index (κ2) is 4.29. The van der Waals surface area contributed by atoms with Crippen molar-refractivity contribution < 1.29 is 0 Å². The lowest BCUT2D eigenvalue weighted by Crippen LogP contribution is -2.01. The van der Waals surface area contributed by atoms with E-state index in [9.17, 15) is 0 Å². The Bertz CT molecular complexity index is 566. The van der Waals surface area contributed by atoms with Gasteiger partial charge in [0.2, 0.25) is 5.82 Å². The number of nitriles is 2. The molecule has 2 aromatic rings. The third kappa shape index (κ3) is 1.92. The fraction of sp³-hybridized carbons (Fsp3) is 0.0833. The largest absolute Gasteiger partial charge is 0.318 e. The van der Waals surface area contributed by atoms with E-state index in [4.69, 9.17) is 10.5 Å². The van der Waals surface area contributed by atoms with Gasteiger partial charge in [0.05, 0.1) is 11.6 Å². The molecule has 0 aliphatic rings. The normalized spacial score (nSPS) is 9.38. The van der Waals surface area contributed by atoms with Gasteiger partial charge in [-0.15, -0.1) is 0 Å². The zero-order valence-electron chi connectivity index (χ0n) is 8.46. The molecule has 0 spiro atoms. The minimum Gasteiger partial charge on any atom is -0.318 e. The van der Waals surface area contributed by atoms with Gasteiger partial charge in [-0.3, -0.25) is 0 Å². The quantitative estimate of drug-likeness (QED) is 0.754. The Morgan fingerprint density at radius 3 is 2.50 bits per heavy atom. The smallest absolute Gasteiger partial charge is 0.213 e. The molecule has 0 unspecified atom stereocenters. The summed E-state index contributed by atoms with van der Waals surface area (Å²) in [7, 11) is 0. The Morgan fingerprint density at radius 1 is 1.12 bits per heavy atom. The fourth-order valence-corrected chi connectivity index (χ4v) is 1.43. The maximum Gasteiger partial charge on any atom is 0.213 e. The van der Waals surface area contributed by atoms with Gasteiger partial charge in [0.15, 0.2) is 0 Å². The molecule has 4 nitrogen and oxygen atoms in total. The Hall–Kier alpha value is -2.59. The average molecular weight is 208 g/mol. The monoisotopic (exact) mass is 208 g/mol. The molecule has 0 atom stereocenters. The number of imidazole rings is 1. The molecule has 1 heterocycles. The standard InChI is InChI=1S/C12H8N4/c13-7-10-1-3-11(4-2-10)9-16-6-5-15-12(16)8-14/h1-6H,9H2. The minimum atomic E-state index is 0.393. The van der Waals surface area contributed by atoms with E-state index in [1.165, 1.54) is 0 Å². The van der Waals surface area contributed by atoms with Crippen LogP contribution in [0.1, 0.15) is 17.0 Å². The van der Waals surface area contributed by atoms with Crippen LogP contribution in [0.4, 0.5) is 0 Å². The molecule has 1 aromatic heterocycles. The summed E-state index contributed by atoms with van der Waals surface area (Å²) in [5, 5.41) is 17.5. The van der Waals surface area contributed by atoms with E-state index in [0.29, 0.717) is 17.9 Å². The molecule has 0 saturated heterocycles. The summed E-state index contributed by atoms with van der Waals surface area (Å²) in [4.78, 5) is 3.91. The van der Waals surface area contributed by atoms with Crippen LogP contribution in [0.3, 0.4) is 0 Å². The molecule has 0 N–H and O–H groups in total. The van der Waals surface area contributed by atoms with Crippen molar-refractivity contribution in [1.29, 1.82) is 10.5 Å². The Labute approximate surface area is 93.0 Å². The molecule has 76 valence electrons. The highest BCUT2D eigenvalue weighted by atomic mass is 15.1. The first-order valence-electron chi connectivity index (χ1n) is 4.74. The summed E-state index contributed by atoms with van der Waals surface area (Å²) in [6, 6.07) is 11.4. The van der Waals surface area contributed by atoms with Crippen molar-refractivity contribution >= 4 is 0 Å². The van der Waals surface area contributed by atoms with Gasteiger partial charge in [0, 0.05) is 18.9 Å². The Kier molecular flexibility index (Phi) is 2.67. The maximum absolute atomic E-state index is 8.79. The topological polar surface area (TPSA) is 65.4 Å². The summed E-state index contributed by atoms with van der Waals surface area (Å²) in [6.07, 6.45) is 3.36. The molecule has 0 saturated carbocycles. The minimum absolute atomic E-state index is 0.393. The zero-order chi connectivity index (χ0) is 11.4. The van der Waals surface area contributed by atoms with Gasteiger partial charge >= 0.3 is 0 Å².